The first-order chi connectivity index (χ1) is 6.20. The molecule has 14 heavy (non-hydrogen) atoms. The number of benzene rings is 1. The molecule has 0 amide bonds. The molecule has 0 heterocycles. The molecule has 0 radical (unpaired) electrons. The van der Waals surface area contributed by atoms with E-state index in [1.54, 1.807) is 0 Å². The van der Waals surface area contributed by atoms with Crippen molar-refractivity contribution in [3.05, 3.63) is 30.3 Å². The molecule has 1 aromatic rings. The number of hydrogen-bond donors (Lipinski definition) is 1. The maximum Gasteiger partial charge on any atom is 0.0157 e. The predicted molar refractivity (Wildman–Crippen MR) is 67.2 cm³/mol. The topological polar surface area (TPSA) is 26.0 Å². The van der Waals surface area contributed by atoms with Crippen LogP contribution in [0.5, 0.6) is 0 Å². The summed E-state index contributed by atoms with van der Waals surface area (Å²) >= 11 is 1.83. The molecule has 0 saturated carbocycles. The van der Waals surface area contributed by atoms with E-state index in [-0.39, 0.29) is 12.4 Å². The maximum absolute atomic E-state index is 5.94. The van der Waals surface area contributed by atoms with Crippen molar-refractivity contribution in [2.75, 3.05) is 5.75 Å². The smallest absolute Gasteiger partial charge is 0.0157 e. The van der Waals surface area contributed by atoms with Gasteiger partial charge in [0.2, 0.25) is 0 Å². The first kappa shape index (κ1) is 13.8. The molecule has 0 bridgehead atoms. The third kappa shape index (κ3) is 4.89. The lowest BCUT2D eigenvalue weighted by atomic mass is 10.1. The average molecular weight is 232 g/mol. The van der Waals surface area contributed by atoms with E-state index < -0.39 is 0 Å². The summed E-state index contributed by atoms with van der Waals surface area (Å²) < 4.78 is 0. The van der Waals surface area contributed by atoms with Crippen LogP contribution in [0.25, 0.3) is 0 Å². The highest BCUT2D eigenvalue weighted by molar-refractivity contribution is 7.99. The molecular weight excluding hydrogens is 214 g/mol. The molecule has 1 aromatic carbocycles. The van der Waals surface area contributed by atoms with Crippen molar-refractivity contribution in [3.8, 4) is 0 Å². The van der Waals surface area contributed by atoms with Crippen LogP contribution in [-0.4, -0.2) is 11.8 Å². The van der Waals surface area contributed by atoms with Crippen molar-refractivity contribution < 1.29 is 0 Å². The standard InChI is InChI=1S/C11H17NS.ClH/c1-9(2)11(12)8-13-10-6-4-3-5-7-10;/h3-7,9,11H,8,12H2,1-2H3;1H. The van der Waals surface area contributed by atoms with Gasteiger partial charge in [-0.2, -0.15) is 0 Å². The van der Waals surface area contributed by atoms with Crippen LogP contribution in [0, 0.1) is 5.92 Å². The van der Waals surface area contributed by atoms with Gasteiger partial charge < -0.3 is 5.73 Å². The fourth-order valence-electron chi connectivity index (χ4n) is 0.902. The highest BCUT2D eigenvalue weighted by Crippen LogP contribution is 2.19. The monoisotopic (exact) mass is 231 g/mol. The third-order valence-corrected chi connectivity index (χ3v) is 3.20. The minimum Gasteiger partial charge on any atom is -0.327 e. The van der Waals surface area contributed by atoms with Crippen LogP contribution in [0.1, 0.15) is 13.8 Å². The summed E-state index contributed by atoms with van der Waals surface area (Å²) in [6, 6.07) is 10.7. The van der Waals surface area contributed by atoms with E-state index in [4.69, 9.17) is 5.73 Å². The first-order valence-corrected chi connectivity index (χ1v) is 5.62. The molecule has 0 saturated heterocycles. The SMILES string of the molecule is CC(C)C(N)CSc1ccccc1.Cl. The van der Waals surface area contributed by atoms with Gasteiger partial charge in [-0.15, -0.1) is 24.2 Å². The van der Waals surface area contributed by atoms with Gasteiger partial charge in [0.15, 0.2) is 0 Å². The fraction of sp³-hybridized carbons (Fsp3) is 0.455. The van der Waals surface area contributed by atoms with E-state index in [0.717, 1.165) is 5.75 Å². The van der Waals surface area contributed by atoms with Gasteiger partial charge in [0.25, 0.3) is 0 Å². The van der Waals surface area contributed by atoms with Crippen LogP contribution in [-0.2, 0) is 0 Å². The van der Waals surface area contributed by atoms with Crippen LogP contribution in [0.2, 0.25) is 0 Å². The Kier molecular flexibility index (Phi) is 7.06. The molecular formula is C11H18ClNS. The van der Waals surface area contributed by atoms with Gasteiger partial charge in [0.05, 0.1) is 0 Å². The fourth-order valence-corrected chi connectivity index (χ4v) is 2.02. The van der Waals surface area contributed by atoms with Crippen molar-refractivity contribution in [3.63, 3.8) is 0 Å². The van der Waals surface area contributed by atoms with E-state index >= 15 is 0 Å². The summed E-state index contributed by atoms with van der Waals surface area (Å²) in [7, 11) is 0. The minimum atomic E-state index is 0. The molecule has 2 N–H and O–H groups in total. The Bertz CT molecular complexity index is 238. The number of halogens is 1. The normalized spacial score (nSPS) is 12.3. The van der Waals surface area contributed by atoms with Crippen LogP contribution >= 0.6 is 24.2 Å². The van der Waals surface area contributed by atoms with E-state index in [9.17, 15) is 0 Å². The van der Waals surface area contributed by atoms with Gasteiger partial charge in [0, 0.05) is 16.7 Å². The lowest BCUT2D eigenvalue weighted by molar-refractivity contribution is 0.535. The molecule has 1 atom stereocenters. The Hall–Kier alpha value is -0.180. The second-order valence-electron chi connectivity index (χ2n) is 3.53. The molecule has 0 aliphatic heterocycles. The Morgan fingerprint density at radius 3 is 2.29 bits per heavy atom. The summed E-state index contributed by atoms with van der Waals surface area (Å²) in [5.74, 6) is 1.57. The van der Waals surface area contributed by atoms with Gasteiger partial charge in [-0.05, 0) is 18.1 Å². The second kappa shape index (κ2) is 7.16. The van der Waals surface area contributed by atoms with Crippen LogP contribution < -0.4 is 5.73 Å². The molecule has 0 spiro atoms. The van der Waals surface area contributed by atoms with E-state index in [1.165, 1.54) is 4.90 Å². The second-order valence-corrected chi connectivity index (χ2v) is 4.63. The lowest BCUT2D eigenvalue weighted by Crippen LogP contribution is -2.28. The van der Waals surface area contributed by atoms with Gasteiger partial charge in [-0.3, -0.25) is 0 Å². The molecule has 1 rings (SSSR count). The molecule has 3 heteroatoms. The zero-order valence-electron chi connectivity index (χ0n) is 8.64. The van der Waals surface area contributed by atoms with E-state index in [0.29, 0.717) is 12.0 Å². The third-order valence-electron chi connectivity index (χ3n) is 2.04. The van der Waals surface area contributed by atoms with Crippen molar-refractivity contribution in [1.29, 1.82) is 0 Å². The van der Waals surface area contributed by atoms with Crippen molar-refractivity contribution in [2.45, 2.75) is 24.8 Å². The van der Waals surface area contributed by atoms with Crippen LogP contribution in [0.15, 0.2) is 35.2 Å². The highest BCUT2D eigenvalue weighted by Gasteiger charge is 2.07. The zero-order valence-corrected chi connectivity index (χ0v) is 10.3. The quantitative estimate of drug-likeness (QED) is 0.806. The molecule has 80 valence electrons. The van der Waals surface area contributed by atoms with Gasteiger partial charge in [-0.1, -0.05) is 32.0 Å². The van der Waals surface area contributed by atoms with Gasteiger partial charge in [0.1, 0.15) is 0 Å². The molecule has 1 unspecified atom stereocenters. The summed E-state index contributed by atoms with van der Waals surface area (Å²) in [4.78, 5) is 1.30. The van der Waals surface area contributed by atoms with Crippen molar-refractivity contribution in [2.24, 2.45) is 11.7 Å². The number of hydrogen-bond acceptors (Lipinski definition) is 2. The number of nitrogens with two attached hydrogens (primary N) is 1. The Morgan fingerprint density at radius 2 is 1.79 bits per heavy atom. The largest absolute Gasteiger partial charge is 0.327 e. The number of rotatable bonds is 4. The zero-order chi connectivity index (χ0) is 9.68. The Labute approximate surface area is 96.9 Å². The Morgan fingerprint density at radius 1 is 1.21 bits per heavy atom. The summed E-state index contributed by atoms with van der Waals surface area (Å²) in [6.45, 7) is 4.33. The first-order valence-electron chi connectivity index (χ1n) is 4.63. The van der Waals surface area contributed by atoms with E-state index in [1.807, 2.05) is 17.8 Å². The van der Waals surface area contributed by atoms with Crippen LogP contribution in [0.4, 0.5) is 0 Å². The summed E-state index contributed by atoms with van der Waals surface area (Å²) in [5.41, 5.74) is 5.94. The molecule has 1 nitrogen and oxygen atoms in total. The minimum absolute atomic E-state index is 0. The number of thioether (sulfide) groups is 1. The molecule has 0 aliphatic rings. The summed E-state index contributed by atoms with van der Waals surface area (Å²) in [6.07, 6.45) is 0. The highest BCUT2D eigenvalue weighted by atomic mass is 35.5. The molecule has 0 aromatic heterocycles. The molecule has 0 fully saturated rings. The maximum atomic E-state index is 5.94. The lowest BCUT2D eigenvalue weighted by Gasteiger charge is -2.14. The van der Waals surface area contributed by atoms with E-state index in [2.05, 4.69) is 38.1 Å². The molecule has 0 aliphatic carbocycles. The summed E-state index contributed by atoms with van der Waals surface area (Å²) in [5, 5.41) is 0. The predicted octanol–water partition coefficient (Wildman–Crippen LogP) is 3.18. The van der Waals surface area contributed by atoms with Crippen LogP contribution in [0.3, 0.4) is 0 Å². The van der Waals surface area contributed by atoms with Crippen molar-refractivity contribution >= 4 is 24.2 Å². The van der Waals surface area contributed by atoms with Gasteiger partial charge in [-0.25, -0.2) is 0 Å². The van der Waals surface area contributed by atoms with Gasteiger partial charge >= 0.3 is 0 Å². The average Bonchev–Trinajstić information content (AvgIpc) is 2.15. The Balaban J connectivity index is 0.00000169. The van der Waals surface area contributed by atoms with Crippen molar-refractivity contribution in [1.82, 2.24) is 0 Å².